The van der Waals surface area contributed by atoms with E-state index in [0.717, 1.165) is 43.1 Å². The van der Waals surface area contributed by atoms with Crippen LogP contribution >= 0.6 is 0 Å². The van der Waals surface area contributed by atoms with Crippen LogP contribution in [0.2, 0.25) is 0 Å². The van der Waals surface area contributed by atoms with Gasteiger partial charge in [0.05, 0.1) is 5.69 Å². The molecular weight excluding hydrogens is 357 g/mol. The first-order chi connectivity index (χ1) is 13.7. The van der Waals surface area contributed by atoms with Gasteiger partial charge in [0.1, 0.15) is 11.5 Å². The number of halogens is 1. The first kappa shape index (κ1) is 18.3. The summed E-state index contributed by atoms with van der Waals surface area (Å²) in [5, 5.41) is 4.06. The van der Waals surface area contributed by atoms with Crippen LogP contribution in [0.25, 0.3) is 10.9 Å². The van der Waals surface area contributed by atoms with Crippen LogP contribution in [0, 0.1) is 5.82 Å². The number of aromatic amines is 1. The zero-order valence-corrected chi connectivity index (χ0v) is 15.9. The lowest BCUT2D eigenvalue weighted by Gasteiger charge is -2.24. The summed E-state index contributed by atoms with van der Waals surface area (Å²) in [5.74, 6) is 0.578. The molecule has 3 aromatic rings. The molecular formula is C21H24FN5O. The van der Waals surface area contributed by atoms with Gasteiger partial charge in [-0.3, -0.25) is 4.79 Å². The first-order valence-corrected chi connectivity index (χ1v) is 9.67. The molecule has 2 N–H and O–H groups in total. The van der Waals surface area contributed by atoms with Crippen LogP contribution in [0.3, 0.4) is 0 Å². The Morgan fingerprint density at radius 3 is 2.96 bits per heavy atom. The fourth-order valence-corrected chi connectivity index (χ4v) is 3.70. The van der Waals surface area contributed by atoms with Gasteiger partial charge in [0.2, 0.25) is 0 Å². The van der Waals surface area contributed by atoms with Crippen molar-refractivity contribution in [2.45, 2.75) is 13.3 Å². The number of rotatable bonds is 4. The van der Waals surface area contributed by atoms with Crippen molar-refractivity contribution in [3.8, 4) is 0 Å². The number of carbonyl (C=O) groups excluding carboxylic acids is 1. The van der Waals surface area contributed by atoms with Crippen LogP contribution in [0.15, 0.2) is 42.6 Å². The number of fused-ring (bicyclic) bond motifs is 1. The van der Waals surface area contributed by atoms with Crippen molar-refractivity contribution >= 4 is 28.3 Å². The molecule has 1 saturated heterocycles. The van der Waals surface area contributed by atoms with Crippen LogP contribution < -0.4 is 10.2 Å². The standard InChI is InChI=1S/C21H24FN5O/c1-2-23-18-5-3-8-24-20(18)26-9-4-10-27(12-11-26)21(28)19-14-15-13-16(22)6-7-17(15)25-19/h3,5-8,13-14,23,25H,2,4,9-12H2,1H3. The molecule has 2 aromatic heterocycles. The molecule has 1 fully saturated rings. The van der Waals surface area contributed by atoms with Crippen molar-refractivity contribution in [2.24, 2.45) is 0 Å². The molecule has 28 heavy (non-hydrogen) atoms. The molecule has 0 unspecified atom stereocenters. The van der Waals surface area contributed by atoms with Gasteiger partial charge in [0, 0.05) is 49.8 Å². The van der Waals surface area contributed by atoms with Gasteiger partial charge in [0.25, 0.3) is 5.91 Å². The quantitative estimate of drug-likeness (QED) is 0.726. The van der Waals surface area contributed by atoms with Crippen molar-refractivity contribution in [3.63, 3.8) is 0 Å². The number of nitrogens with zero attached hydrogens (tertiary/aromatic N) is 3. The average Bonchev–Trinajstić information content (AvgIpc) is 2.96. The zero-order valence-electron chi connectivity index (χ0n) is 15.9. The molecule has 3 heterocycles. The Hall–Kier alpha value is -3.09. The van der Waals surface area contributed by atoms with Gasteiger partial charge in [-0.15, -0.1) is 0 Å². The van der Waals surface area contributed by atoms with Crippen molar-refractivity contribution < 1.29 is 9.18 Å². The summed E-state index contributed by atoms with van der Waals surface area (Å²) >= 11 is 0. The molecule has 0 spiro atoms. The predicted octanol–water partition coefficient (Wildman–Crippen LogP) is 3.49. The highest BCUT2D eigenvalue weighted by atomic mass is 19.1. The third-order valence-electron chi connectivity index (χ3n) is 5.05. The fourth-order valence-electron chi connectivity index (χ4n) is 3.70. The molecule has 0 aliphatic carbocycles. The topological polar surface area (TPSA) is 64.3 Å². The highest BCUT2D eigenvalue weighted by molar-refractivity contribution is 5.98. The summed E-state index contributed by atoms with van der Waals surface area (Å²) in [6, 6.07) is 10.2. The maximum atomic E-state index is 13.4. The van der Waals surface area contributed by atoms with Crippen LogP contribution in [-0.2, 0) is 0 Å². The SMILES string of the molecule is CCNc1cccnc1N1CCCN(C(=O)c2cc3cc(F)ccc3[nH]2)CC1. The molecule has 7 heteroatoms. The zero-order chi connectivity index (χ0) is 19.5. The minimum Gasteiger partial charge on any atom is -0.382 e. The molecule has 1 aromatic carbocycles. The molecule has 6 nitrogen and oxygen atoms in total. The third kappa shape index (κ3) is 3.65. The van der Waals surface area contributed by atoms with E-state index in [1.54, 1.807) is 18.3 Å². The van der Waals surface area contributed by atoms with Crippen molar-refractivity contribution in [1.29, 1.82) is 0 Å². The highest BCUT2D eigenvalue weighted by Crippen LogP contribution is 2.24. The maximum absolute atomic E-state index is 13.4. The van der Waals surface area contributed by atoms with Crippen LogP contribution in [0.1, 0.15) is 23.8 Å². The first-order valence-electron chi connectivity index (χ1n) is 9.67. The van der Waals surface area contributed by atoms with Gasteiger partial charge in [-0.1, -0.05) is 0 Å². The van der Waals surface area contributed by atoms with E-state index in [0.29, 0.717) is 24.2 Å². The van der Waals surface area contributed by atoms with Gasteiger partial charge in [-0.2, -0.15) is 0 Å². The second kappa shape index (κ2) is 7.88. The Morgan fingerprint density at radius 1 is 1.21 bits per heavy atom. The Balaban J connectivity index is 1.49. The third-order valence-corrected chi connectivity index (χ3v) is 5.05. The van der Waals surface area contributed by atoms with Crippen LogP contribution in [0.4, 0.5) is 15.9 Å². The molecule has 1 aliphatic rings. The molecule has 1 amide bonds. The van der Waals surface area contributed by atoms with E-state index in [9.17, 15) is 9.18 Å². The Labute approximate surface area is 163 Å². The monoisotopic (exact) mass is 381 g/mol. The number of aromatic nitrogens is 2. The van der Waals surface area contributed by atoms with Gasteiger partial charge in [0.15, 0.2) is 5.82 Å². The normalized spacial score (nSPS) is 14.9. The smallest absolute Gasteiger partial charge is 0.270 e. The Bertz CT molecular complexity index is 986. The number of pyridine rings is 1. The second-order valence-electron chi connectivity index (χ2n) is 6.95. The van der Waals surface area contributed by atoms with Crippen LogP contribution in [0.5, 0.6) is 0 Å². The van der Waals surface area contributed by atoms with Gasteiger partial charge >= 0.3 is 0 Å². The Morgan fingerprint density at radius 2 is 2.11 bits per heavy atom. The number of amides is 1. The van der Waals surface area contributed by atoms with E-state index in [2.05, 4.69) is 27.1 Å². The molecule has 0 saturated carbocycles. The lowest BCUT2D eigenvalue weighted by atomic mass is 10.2. The summed E-state index contributed by atoms with van der Waals surface area (Å²) in [6.07, 6.45) is 2.66. The number of carbonyl (C=O) groups is 1. The highest BCUT2D eigenvalue weighted by Gasteiger charge is 2.23. The van der Waals surface area contributed by atoms with E-state index >= 15 is 0 Å². The van der Waals surface area contributed by atoms with E-state index in [1.165, 1.54) is 12.1 Å². The van der Waals surface area contributed by atoms with Crippen molar-refractivity contribution in [3.05, 3.63) is 54.1 Å². The second-order valence-corrected chi connectivity index (χ2v) is 6.95. The largest absolute Gasteiger partial charge is 0.382 e. The molecule has 4 rings (SSSR count). The van der Waals surface area contributed by atoms with E-state index < -0.39 is 0 Å². The Kier molecular flexibility index (Phi) is 5.14. The summed E-state index contributed by atoms with van der Waals surface area (Å²) < 4.78 is 13.4. The predicted molar refractivity (Wildman–Crippen MR) is 109 cm³/mol. The molecule has 0 bridgehead atoms. The maximum Gasteiger partial charge on any atom is 0.270 e. The molecule has 0 radical (unpaired) electrons. The van der Waals surface area contributed by atoms with E-state index in [-0.39, 0.29) is 11.7 Å². The number of H-pyrrole nitrogens is 1. The van der Waals surface area contributed by atoms with Gasteiger partial charge in [-0.05, 0) is 49.7 Å². The fraction of sp³-hybridized carbons (Fsp3) is 0.333. The number of benzene rings is 1. The summed E-state index contributed by atoms with van der Waals surface area (Å²) in [5.41, 5.74) is 2.28. The molecule has 0 atom stereocenters. The summed E-state index contributed by atoms with van der Waals surface area (Å²) in [7, 11) is 0. The molecule has 146 valence electrons. The minimum atomic E-state index is -0.303. The molecule has 1 aliphatic heterocycles. The number of anilines is 2. The lowest BCUT2D eigenvalue weighted by molar-refractivity contribution is 0.0762. The number of hydrogen-bond acceptors (Lipinski definition) is 4. The van der Waals surface area contributed by atoms with Crippen LogP contribution in [-0.4, -0.2) is 53.5 Å². The van der Waals surface area contributed by atoms with E-state index in [1.807, 2.05) is 17.0 Å². The number of hydrogen-bond donors (Lipinski definition) is 2. The van der Waals surface area contributed by atoms with Crippen molar-refractivity contribution in [2.75, 3.05) is 42.9 Å². The van der Waals surface area contributed by atoms with Crippen molar-refractivity contribution in [1.82, 2.24) is 14.9 Å². The summed E-state index contributed by atoms with van der Waals surface area (Å²) in [4.78, 5) is 24.7. The average molecular weight is 381 g/mol. The minimum absolute atomic E-state index is 0.0496. The van der Waals surface area contributed by atoms with Gasteiger partial charge in [-0.25, -0.2) is 9.37 Å². The lowest BCUT2D eigenvalue weighted by Crippen LogP contribution is -2.35. The number of nitrogens with one attached hydrogen (secondary N) is 2. The van der Waals surface area contributed by atoms with E-state index in [4.69, 9.17) is 0 Å². The summed E-state index contributed by atoms with van der Waals surface area (Å²) in [6.45, 7) is 5.75. The van der Waals surface area contributed by atoms with Gasteiger partial charge < -0.3 is 20.1 Å².